The first-order valence-corrected chi connectivity index (χ1v) is 10.3. The fraction of sp³-hybridized carbons (Fsp3) is 0.636. The summed E-state index contributed by atoms with van der Waals surface area (Å²) in [6, 6.07) is 8.61. The molecule has 2 heterocycles. The number of carbonyl (C=O) groups excluding carboxylic acids is 2. The van der Waals surface area contributed by atoms with Gasteiger partial charge in [0, 0.05) is 26.6 Å². The molecular weight excluding hydrogens is 324 g/mol. The summed E-state index contributed by atoms with van der Waals surface area (Å²) in [6.45, 7) is 6.17. The van der Waals surface area contributed by atoms with Gasteiger partial charge in [-0.1, -0.05) is 37.6 Å². The number of carbonyl (C=O) groups is 2. The monoisotopic (exact) mass is 356 g/mol. The van der Waals surface area contributed by atoms with Crippen molar-refractivity contribution in [1.82, 2.24) is 9.80 Å². The first-order chi connectivity index (χ1) is 12.6. The van der Waals surface area contributed by atoms with Gasteiger partial charge in [-0.25, -0.2) is 0 Å². The van der Waals surface area contributed by atoms with E-state index in [2.05, 4.69) is 31.2 Å². The van der Waals surface area contributed by atoms with Crippen LogP contribution in [-0.2, 0) is 16.0 Å². The van der Waals surface area contributed by atoms with E-state index in [4.69, 9.17) is 0 Å². The van der Waals surface area contributed by atoms with Crippen LogP contribution in [0.2, 0.25) is 0 Å². The molecule has 2 aliphatic heterocycles. The van der Waals surface area contributed by atoms with Crippen molar-refractivity contribution in [2.24, 2.45) is 0 Å². The van der Waals surface area contributed by atoms with E-state index in [1.54, 1.807) is 11.8 Å². The second-order valence-corrected chi connectivity index (χ2v) is 7.77. The van der Waals surface area contributed by atoms with Gasteiger partial charge in [-0.3, -0.25) is 9.59 Å². The summed E-state index contributed by atoms with van der Waals surface area (Å²) in [5, 5.41) is 0. The molecule has 0 aliphatic carbocycles. The third-order valence-corrected chi connectivity index (χ3v) is 6.04. The molecule has 2 amide bonds. The van der Waals surface area contributed by atoms with Gasteiger partial charge in [0.2, 0.25) is 11.8 Å². The van der Waals surface area contributed by atoms with Crippen molar-refractivity contribution in [3.05, 3.63) is 35.4 Å². The van der Waals surface area contributed by atoms with E-state index in [9.17, 15) is 9.59 Å². The third kappa shape index (κ3) is 4.11. The lowest BCUT2D eigenvalue weighted by molar-refractivity contribution is -0.143. The number of likely N-dealkylation sites (tertiary alicyclic amines) is 2. The molecule has 2 saturated heterocycles. The van der Waals surface area contributed by atoms with E-state index >= 15 is 0 Å². The number of hydrogen-bond donors (Lipinski definition) is 0. The zero-order valence-electron chi connectivity index (χ0n) is 16.2. The number of benzene rings is 1. The molecule has 1 aromatic carbocycles. The van der Waals surface area contributed by atoms with Crippen LogP contribution in [0, 0.1) is 0 Å². The fourth-order valence-electron chi connectivity index (χ4n) is 4.55. The Balaban J connectivity index is 1.61. The molecule has 4 nitrogen and oxygen atoms in total. The van der Waals surface area contributed by atoms with Crippen molar-refractivity contribution in [3.63, 3.8) is 0 Å². The van der Waals surface area contributed by atoms with E-state index in [1.807, 2.05) is 4.90 Å². The highest BCUT2D eigenvalue weighted by Gasteiger charge is 2.36. The molecule has 1 unspecified atom stereocenters. The summed E-state index contributed by atoms with van der Waals surface area (Å²) in [5.41, 5.74) is 2.97. The Hall–Kier alpha value is -1.84. The summed E-state index contributed by atoms with van der Waals surface area (Å²) in [7, 11) is 0. The lowest BCUT2D eigenvalue weighted by Crippen LogP contribution is -2.49. The minimum absolute atomic E-state index is 0.0283. The van der Waals surface area contributed by atoms with Crippen molar-refractivity contribution >= 4 is 11.8 Å². The summed E-state index contributed by atoms with van der Waals surface area (Å²) >= 11 is 0. The second-order valence-electron chi connectivity index (χ2n) is 7.77. The van der Waals surface area contributed by atoms with E-state index in [0.717, 1.165) is 51.7 Å². The average Bonchev–Trinajstić information content (AvgIpc) is 3.16. The molecule has 142 valence electrons. The predicted octanol–water partition coefficient (Wildman–Crippen LogP) is 3.75. The lowest BCUT2D eigenvalue weighted by atomic mass is 9.85. The summed E-state index contributed by atoms with van der Waals surface area (Å²) in [4.78, 5) is 28.4. The van der Waals surface area contributed by atoms with Crippen LogP contribution in [0.4, 0.5) is 0 Å². The van der Waals surface area contributed by atoms with Crippen molar-refractivity contribution in [2.75, 3.05) is 19.6 Å². The van der Waals surface area contributed by atoms with E-state index in [0.29, 0.717) is 5.92 Å². The van der Waals surface area contributed by atoms with Gasteiger partial charge in [0.15, 0.2) is 0 Å². The Morgan fingerprint density at radius 1 is 1.08 bits per heavy atom. The zero-order chi connectivity index (χ0) is 18.5. The number of nitrogens with zero attached hydrogens (tertiary/aromatic N) is 2. The summed E-state index contributed by atoms with van der Waals surface area (Å²) in [6.07, 6.45) is 7.42. The number of hydrogen-bond acceptors (Lipinski definition) is 2. The van der Waals surface area contributed by atoms with Crippen molar-refractivity contribution in [2.45, 2.75) is 70.8 Å². The quantitative estimate of drug-likeness (QED) is 0.806. The Morgan fingerprint density at radius 2 is 1.81 bits per heavy atom. The normalized spacial score (nSPS) is 21.2. The number of unbranched alkanes of at least 4 members (excludes halogenated alkanes) is 1. The third-order valence-electron chi connectivity index (χ3n) is 6.04. The molecule has 0 aromatic heterocycles. The van der Waals surface area contributed by atoms with Crippen LogP contribution in [0.3, 0.4) is 0 Å². The SMILES string of the molecule is CCCCc1ccccc1C1CCN(C(=O)C2CCCN2C(C)=O)CC1. The van der Waals surface area contributed by atoms with E-state index < -0.39 is 0 Å². The van der Waals surface area contributed by atoms with Crippen LogP contribution in [-0.4, -0.2) is 47.3 Å². The Bertz CT molecular complexity index is 635. The highest BCUT2D eigenvalue weighted by molar-refractivity contribution is 5.87. The second kappa shape index (κ2) is 8.70. The molecule has 26 heavy (non-hydrogen) atoms. The molecule has 1 aromatic rings. The van der Waals surface area contributed by atoms with Gasteiger partial charge in [-0.05, 0) is 55.6 Å². The molecular formula is C22H32N2O2. The largest absolute Gasteiger partial charge is 0.341 e. The van der Waals surface area contributed by atoms with Crippen molar-refractivity contribution in [1.29, 1.82) is 0 Å². The van der Waals surface area contributed by atoms with Crippen LogP contribution in [0.5, 0.6) is 0 Å². The molecule has 0 bridgehead atoms. The lowest BCUT2D eigenvalue weighted by Gasteiger charge is -2.36. The van der Waals surface area contributed by atoms with Crippen molar-refractivity contribution < 1.29 is 9.59 Å². The number of piperidine rings is 1. The van der Waals surface area contributed by atoms with E-state index in [1.165, 1.54) is 24.0 Å². The Morgan fingerprint density at radius 3 is 2.50 bits per heavy atom. The van der Waals surface area contributed by atoms with Gasteiger partial charge in [-0.2, -0.15) is 0 Å². The van der Waals surface area contributed by atoms with Gasteiger partial charge in [0.05, 0.1) is 0 Å². The van der Waals surface area contributed by atoms with Crippen LogP contribution in [0.1, 0.15) is 69.4 Å². The van der Waals surface area contributed by atoms with Crippen molar-refractivity contribution in [3.8, 4) is 0 Å². The van der Waals surface area contributed by atoms with Gasteiger partial charge in [0.1, 0.15) is 6.04 Å². The maximum absolute atomic E-state index is 12.9. The maximum atomic E-state index is 12.9. The average molecular weight is 357 g/mol. The topological polar surface area (TPSA) is 40.6 Å². The van der Waals surface area contributed by atoms with Crippen LogP contribution in [0.25, 0.3) is 0 Å². The van der Waals surface area contributed by atoms with Crippen LogP contribution in [0.15, 0.2) is 24.3 Å². The molecule has 0 radical (unpaired) electrons. The molecule has 0 spiro atoms. The molecule has 2 fully saturated rings. The molecule has 0 N–H and O–H groups in total. The maximum Gasteiger partial charge on any atom is 0.245 e. The first kappa shape index (κ1) is 18.9. The summed E-state index contributed by atoms with van der Waals surface area (Å²) < 4.78 is 0. The number of rotatable bonds is 5. The van der Waals surface area contributed by atoms with Gasteiger partial charge in [0.25, 0.3) is 0 Å². The number of amides is 2. The van der Waals surface area contributed by atoms with Gasteiger partial charge < -0.3 is 9.80 Å². The highest BCUT2D eigenvalue weighted by atomic mass is 16.2. The minimum Gasteiger partial charge on any atom is -0.341 e. The Labute approximate surface area is 157 Å². The smallest absolute Gasteiger partial charge is 0.245 e. The number of aryl methyl sites for hydroxylation is 1. The fourth-order valence-corrected chi connectivity index (χ4v) is 4.55. The van der Waals surface area contributed by atoms with Gasteiger partial charge in [-0.15, -0.1) is 0 Å². The van der Waals surface area contributed by atoms with E-state index in [-0.39, 0.29) is 17.9 Å². The minimum atomic E-state index is -0.221. The molecule has 1 atom stereocenters. The molecule has 0 saturated carbocycles. The standard InChI is InChI=1S/C22H32N2O2/c1-3-4-8-18-9-5-6-10-20(18)19-12-15-23(16-13-19)22(26)21-11-7-14-24(21)17(2)25/h5-6,9-10,19,21H,3-4,7-8,11-16H2,1-2H3. The highest BCUT2D eigenvalue weighted by Crippen LogP contribution is 2.32. The zero-order valence-corrected chi connectivity index (χ0v) is 16.2. The molecule has 3 rings (SSSR count). The first-order valence-electron chi connectivity index (χ1n) is 10.3. The molecule has 2 aliphatic rings. The van der Waals surface area contributed by atoms with Gasteiger partial charge >= 0.3 is 0 Å². The molecule has 4 heteroatoms. The predicted molar refractivity (Wildman–Crippen MR) is 104 cm³/mol. The van der Waals surface area contributed by atoms with Crippen LogP contribution < -0.4 is 0 Å². The Kier molecular flexibility index (Phi) is 6.33. The summed E-state index contributed by atoms with van der Waals surface area (Å²) in [5.74, 6) is 0.746. The van der Waals surface area contributed by atoms with Crippen LogP contribution >= 0.6 is 0 Å².